The largest absolute Gasteiger partial charge is 0.497 e. The first-order chi connectivity index (χ1) is 9.63. The quantitative estimate of drug-likeness (QED) is 0.892. The van der Waals surface area contributed by atoms with Gasteiger partial charge >= 0.3 is 0 Å². The number of carbonyl (C=O) groups excluding carboxylic acids is 1. The lowest BCUT2D eigenvalue weighted by atomic mass is 9.99. The summed E-state index contributed by atoms with van der Waals surface area (Å²) in [6, 6.07) is 7.80. The Bertz CT molecular complexity index is 462. The van der Waals surface area contributed by atoms with Crippen molar-refractivity contribution < 1.29 is 9.53 Å². The van der Waals surface area contributed by atoms with Crippen LogP contribution in [0.25, 0.3) is 0 Å². The molecule has 0 aromatic heterocycles. The van der Waals surface area contributed by atoms with E-state index in [1.165, 1.54) is 0 Å². The van der Waals surface area contributed by atoms with Crippen LogP contribution in [0.3, 0.4) is 0 Å². The lowest BCUT2D eigenvalue weighted by molar-refractivity contribution is -0.129. The SMILES string of the molecule is CCCC1CN(C(=O)Cc2cccc(OC)c2)CC1N. The monoisotopic (exact) mass is 276 g/mol. The average Bonchev–Trinajstić information content (AvgIpc) is 2.81. The van der Waals surface area contributed by atoms with Crippen molar-refractivity contribution in [3.05, 3.63) is 29.8 Å². The Kier molecular flexibility index (Phi) is 5.01. The Morgan fingerprint density at radius 2 is 2.25 bits per heavy atom. The van der Waals surface area contributed by atoms with Crippen molar-refractivity contribution in [3.8, 4) is 5.75 Å². The lowest BCUT2D eigenvalue weighted by Crippen LogP contribution is -2.33. The number of benzene rings is 1. The van der Waals surface area contributed by atoms with E-state index in [0.717, 1.165) is 30.7 Å². The van der Waals surface area contributed by atoms with Crippen molar-refractivity contribution in [1.82, 2.24) is 4.90 Å². The Morgan fingerprint density at radius 1 is 1.45 bits per heavy atom. The zero-order chi connectivity index (χ0) is 14.5. The highest BCUT2D eigenvalue weighted by Gasteiger charge is 2.31. The van der Waals surface area contributed by atoms with E-state index in [1.807, 2.05) is 29.2 Å². The molecule has 2 unspecified atom stereocenters. The van der Waals surface area contributed by atoms with Gasteiger partial charge in [-0.3, -0.25) is 4.79 Å². The van der Waals surface area contributed by atoms with Gasteiger partial charge in [0, 0.05) is 19.1 Å². The average molecular weight is 276 g/mol. The molecule has 2 rings (SSSR count). The van der Waals surface area contributed by atoms with Crippen LogP contribution >= 0.6 is 0 Å². The molecule has 1 aromatic carbocycles. The maximum atomic E-state index is 12.3. The molecule has 0 saturated carbocycles. The summed E-state index contributed by atoms with van der Waals surface area (Å²) in [4.78, 5) is 14.2. The van der Waals surface area contributed by atoms with Crippen LogP contribution in [0.5, 0.6) is 5.75 Å². The van der Waals surface area contributed by atoms with E-state index in [2.05, 4.69) is 6.92 Å². The number of nitrogens with two attached hydrogens (primary N) is 1. The van der Waals surface area contributed by atoms with Gasteiger partial charge in [0.2, 0.25) is 5.91 Å². The number of carbonyl (C=O) groups is 1. The molecule has 110 valence electrons. The molecule has 1 amide bonds. The first kappa shape index (κ1) is 14.9. The number of hydrogen-bond acceptors (Lipinski definition) is 3. The number of likely N-dealkylation sites (tertiary alicyclic amines) is 1. The predicted octanol–water partition coefficient (Wildman–Crippen LogP) is 1.82. The summed E-state index contributed by atoms with van der Waals surface area (Å²) in [5.41, 5.74) is 7.11. The molecular weight excluding hydrogens is 252 g/mol. The van der Waals surface area contributed by atoms with Crippen LogP contribution in [-0.2, 0) is 11.2 Å². The topological polar surface area (TPSA) is 55.6 Å². The van der Waals surface area contributed by atoms with Crippen molar-refractivity contribution in [2.45, 2.75) is 32.2 Å². The molecule has 1 saturated heterocycles. The van der Waals surface area contributed by atoms with Crippen molar-refractivity contribution in [3.63, 3.8) is 0 Å². The van der Waals surface area contributed by atoms with Crippen LogP contribution in [0.1, 0.15) is 25.3 Å². The molecule has 2 N–H and O–H groups in total. The second-order valence-electron chi connectivity index (χ2n) is 5.54. The summed E-state index contributed by atoms with van der Waals surface area (Å²) < 4.78 is 5.18. The van der Waals surface area contributed by atoms with Gasteiger partial charge in [-0.15, -0.1) is 0 Å². The molecule has 0 bridgehead atoms. The molecule has 0 radical (unpaired) electrons. The fourth-order valence-electron chi connectivity index (χ4n) is 2.85. The first-order valence-electron chi connectivity index (χ1n) is 7.30. The van der Waals surface area contributed by atoms with E-state index in [-0.39, 0.29) is 11.9 Å². The summed E-state index contributed by atoms with van der Waals surface area (Å²) in [5, 5.41) is 0. The van der Waals surface area contributed by atoms with Gasteiger partial charge in [0.25, 0.3) is 0 Å². The number of ether oxygens (including phenoxy) is 1. The van der Waals surface area contributed by atoms with E-state index < -0.39 is 0 Å². The summed E-state index contributed by atoms with van der Waals surface area (Å²) >= 11 is 0. The third-order valence-corrected chi connectivity index (χ3v) is 3.99. The zero-order valence-corrected chi connectivity index (χ0v) is 12.3. The predicted molar refractivity (Wildman–Crippen MR) is 79.7 cm³/mol. The molecule has 1 aromatic rings. The standard InChI is InChI=1S/C16H24N2O2/c1-3-5-13-10-18(11-15(13)17)16(19)9-12-6-4-7-14(8-12)20-2/h4,6-8,13,15H,3,5,9-11,17H2,1-2H3. The summed E-state index contributed by atoms with van der Waals surface area (Å²) in [5.74, 6) is 1.40. The molecule has 1 aliphatic heterocycles. The Hall–Kier alpha value is -1.55. The molecule has 4 nitrogen and oxygen atoms in total. The number of amides is 1. The lowest BCUT2D eigenvalue weighted by Gasteiger charge is -2.16. The van der Waals surface area contributed by atoms with Crippen molar-refractivity contribution >= 4 is 5.91 Å². The summed E-state index contributed by atoms with van der Waals surface area (Å²) in [7, 11) is 1.63. The minimum Gasteiger partial charge on any atom is -0.497 e. The van der Waals surface area contributed by atoms with Crippen LogP contribution in [-0.4, -0.2) is 37.0 Å². The number of nitrogens with zero attached hydrogens (tertiary/aromatic N) is 1. The summed E-state index contributed by atoms with van der Waals surface area (Å²) in [6.45, 7) is 3.65. The number of rotatable bonds is 5. The minimum absolute atomic E-state index is 0.129. The third-order valence-electron chi connectivity index (χ3n) is 3.99. The van der Waals surface area contributed by atoms with Gasteiger partial charge in [-0.2, -0.15) is 0 Å². The fourth-order valence-corrected chi connectivity index (χ4v) is 2.85. The smallest absolute Gasteiger partial charge is 0.227 e. The second-order valence-corrected chi connectivity index (χ2v) is 5.54. The highest BCUT2D eigenvalue weighted by atomic mass is 16.5. The zero-order valence-electron chi connectivity index (χ0n) is 12.3. The van der Waals surface area contributed by atoms with E-state index in [1.54, 1.807) is 7.11 Å². The fraction of sp³-hybridized carbons (Fsp3) is 0.562. The molecule has 20 heavy (non-hydrogen) atoms. The third kappa shape index (κ3) is 3.51. The van der Waals surface area contributed by atoms with Crippen molar-refractivity contribution in [2.24, 2.45) is 11.7 Å². The van der Waals surface area contributed by atoms with Gasteiger partial charge in [0.15, 0.2) is 0 Å². The first-order valence-corrected chi connectivity index (χ1v) is 7.30. The van der Waals surface area contributed by atoms with Gasteiger partial charge in [-0.1, -0.05) is 25.5 Å². The molecule has 0 spiro atoms. The van der Waals surface area contributed by atoms with Gasteiger partial charge in [0.05, 0.1) is 13.5 Å². The van der Waals surface area contributed by atoms with E-state index in [9.17, 15) is 4.79 Å². The molecule has 1 heterocycles. The van der Waals surface area contributed by atoms with Crippen molar-refractivity contribution in [1.29, 1.82) is 0 Å². The summed E-state index contributed by atoms with van der Waals surface area (Å²) in [6.07, 6.45) is 2.64. The molecule has 1 aliphatic rings. The van der Waals surface area contributed by atoms with E-state index in [4.69, 9.17) is 10.5 Å². The maximum Gasteiger partial charge on any atom is 0.227 e. The van der Waals surface area contributed by atoms with Crippen LogP contribution in [0.4, 0.5) is 0 Å². The molecule has 0 aliphatic carbocycles. The van der Waals surface area contributed by atoms with E-state index >= 15 is 0 Å². The van der Waals surface area contributed by atoms with E-state index in [0.29, 0.717) is 18.9 Å². The second kappa shape index (κ2) is 6.75. The Morgan fingerprint density at radius 3 is 2.95 bits per heavy atom. The normalized spacial score (nSPS) is 22.1. The Balaban J connectivity index is 1.95. The van der Waals surface area contributed by atoms with Crippen LogP contribution in [0.15, 0.2) is 24.3 Å². The number of hydrogen-bond donors (Lipinski definition) is 1. The van der Waals surface area contributed by atoms with Gasteiger partial charge in [-0.05, 0) is 30.0 Å². The molecule has 4 heteroatoms. The minimum atomic E-state index is 0.129. The van der Waals surface area contributed by atoms with Crippen molar-refractivity contribution in [2.75, 3.05) is 20.2 Å². The van der Waals surface area contributed by atoms with Crippen LogP contribution in [0, 0.1) is 5.92 Å². The highest BCUT2D eigenvalue weighted by molar-refractivity contribution is 5.79. The van der Waals surface area contributed by atoms with Gasteiger partial charge in [-0.25, -0.2) is 0 Å². The molecular formula is C16H24N2O2. The number of methoxy groups -OCH3 is 1. The molecule has 1 fully saturated rings. The highest BCUT2D eigenvalue weighted by Crippen LogP contribution is 2.21. The Labute approximate surface area is 120 Å². The van der Waals surface area contributed by atoms with Gasteiger partial charge in [0.1, 0.15) is 5.75 Å². The van der Waals surface area contributed by atoms with Gasteiger partial charge < -0.3 is 15.4 Å². The van der Waals surface area contributed by atoms with Crippen LogP contribution in [0.2, 0.25) is 0 Å². The molecule has 2 atom stereocenters. The van der Waals surface area contributed by atoms with Crippen LogP contribution < -0.4 is 10.5 Å². The maximum absolute atomic E-state index is 12.3.